The molecule has 0 unspecified atom stereocenters. The fourth-order valence-electron chi connectivity index (χ4n) is 2.75. The van der Waals surface area contributed by atoms with Crippen molar-refractivity contribution in [1.82, 2.24) is 31.1 Å². The molecule has 0 bridgehead atoms. The summed E-state index contributed by atoms with van der Waals surface area (Å²) >= 11 is 1.44. The van der Waals surface area contributed by atoms with Crippen molar-refractivity contribution in [3.05, 3.63) is 60.4 Å². The van der Waals surface area contributed by atoms with Crippen LogP contribution < -0.4 is 15.8 Å². The average molecular weight is 409 g/mol. The highest BCUT2D eigenvalue weighted by atomic mass is 32.2. The predicted octanol–water partition coefficient (Wildman–Crippen LogP) is 0.562. The number of thioether (sulfide) groups is 1. The summed E-state index contributed by atoms with van der Waals surface area (Å²) in [4.78, 5) is 39.1. The molecule has 1 aliphatic heterocycles. The lowest BCUT2D eigenvalue weighted by Gasteiger charge is -2.28. The summed E-state index contributed by atoms with van der Waals surface area (Å²) in [6, 6.07) is 13.9. The zero-order chi connectivity index (χ0) is 20.2. The van der Waals surface area contributed by atoms with Gasteiger partial charge in [0.2, 0.25) is 5.91 Å². The third kappa shape index (κ3) is 4.09. The van der Waals surface area contributed by atoms with Crippen molar-refractivity contribution in [2.45, 2.75) is 4.90 Å². The Morgan fingerprint density at radius 1 is 1.07 bits per heavy atom. The van der Waals surface area contributed by atoms with Gasteiger partial charge in [0.1, 0.15) is 12.9 Å². The Kier molecular flexibility index (Phi) is 5.20. The van der Waals surface area contributed by atoms with Crippen molar-refractivity contribution in [3.63, 3.8) is 0 Å². The van der Waals surface area contributed by atoms with E-state index in [0.717, 1.165) is 4.90 Å². The fourth-order valence-corrected chi connectivity index (χ4v) is 3.69. The number of amides is 3. The zero-order valence-corrected chi connectivity index (χ0v) is 15.8. The first kappa shape index (κ1) is 18.6. The number of nitrogens with one attached hydrogen (secondary N) is 2. The van der Waals surface area contributed by atoms with Crippen LogP contribution in [-0.4, -0.2) is 50.2 Å². The third-order valence-electron chi connectivity index (χ3n) is 4.17. The molecule has 1 aromatic heterocycles. The lowest BCUT2D eigenvalue weighted by molar-refractivity contribution is -0.123. The summed E-state index contributed by atoms with van der Waals surface area (Å²) in [6.45, 7) is -0.186. The maximum Gasteiger partial charge on any atom is 0.269 e. The van der Waals surface area contributed by atoms with Crippen molar-refractivity contribution in [2.24, 2.45) is 0 Å². The molecule has 3 amide bonds. The van der Waals surface area contributed by atoms with Gasteiger partial charge in [-0.1, -0.05) is 12.1 Å². The lowest BCUT2D eigenvalue weighted by Crippen LogP contribution is -2.48. The Bertz CT molecular complexity index is 1050. The highest BCUT2D eigenvalue weighted by Gasteiger charge is 2.26. The first-order chi connectivity index (χ1) is 14.1. The summed E-state index contributed by atoms with van der Waals surface area (Å²) in [5.74, 6) is -0.876. The molecular formula is C18H15N7O3S. The number of aromatic nitrogens is 4. The minimum Gasteiger partial charge on any atom is -0.301 e. The molecule has 3 aromatic rings. The van der Waals surface area contributed by atoms with Crippen molar-refractivity contribution in [1.29, 1.82) is 0 Å². The summed E-state index contributed by atoms with van der Waals surface area (Å²) < 4.78 is 1.45. The largest absolute Gasteiger partial charge is 0.301 e. The number of hydrogen-bond donors (Lipinski definition) is 2. The molecule has 10 nitrogen and oxygen atoms in total. The van der Waals surface area contributed by atoms with Crippen molar-refractivity contribution in [2.75, 3.05) is 17.2 Å². The third-order valence-corrected chi connectivity index (χ3v) is 5.22. The number of fused-ring (bicyclic) bond motifs is 1. The fraction of sp³-hybridized carbons (Fsp3) is 0.111. The van der Waals surface area contributed by atoms with E-state index in [1.807, 2.05) is 18.2 Å². The Hall–Kier alpha value is -3.73. The van der Waals surface area contributed by atoms with E-state index in [1.54, 1.807) is 30.3 Å². The number of tetrazole rings is 1. The van der Waals surface area contributed by atoms with Gasteiger partial charge in [0.15, 0.2) is 0 Å². The van der Waals surface area contributed by atoms with E-state index in [4.69, 9.17) is 0 Å². The van der Waals surface area contributed by atoms with E-state index in [9.17, 15) is 14.4 Å². The molecule has 0 aliphatic carbocycles. The monoisotopic (exact) mass is 409 g/mol. The van der Waals surface area contributed by atoms with Gasteiger partial charge in [-0.3, -0.25) is 25.2 Å². The first-order valence-corrected chi connectivity index (χ1v) is 9.55. The van der Waals surface area contributed by atoms with Gasteiger partial charge in [-0.15, -0.1) is 16.9 Å². The summed E-state index contributed by atoms with van der Waals surface area (Å²) in [7, 11) is 0. The molecule has 2 N–H and O–H groups in total. The van der Waals surface area contributed by atoms with Crippen molar-refractivity contribution in [3.8, 4) is 5.69 Å². The van der Waals surface area contributed by atoms with Crippen LogP contribution in [-0.2, 0) is 9.59 Å². The lowest BCUT2D eigenvalue weighted by atomic mass is 10.2. The molecular weight excluding hydrogens is 394 g/mol. The number of nitrogens with zero attached hydrogens (tertiary/aromatic N) is 5. The summed E-state index contributed by atoms with van der Waals surface area (Å²) in [6.07, 6.45) is 1.44. The van der Waals surface area contributed by atoms with Gasteiger partial charge in [-0.25, -0.2) is 4.68 Å². The maximum absolute atomic E-state index is 12.3. The van der Waals surface area contributed by atoms with Gasteiger partial charge in [0.25, 0.3) is 11.8 Å². The number of carbonyl (C=O) groups excluding carboxylic acids is 3. The SMILES string of the molecule is O=C(CN1C(=O)CSc2ccccc21)NNC(=O)c1ccc(-n2cnnn2)cc1. The van der Waals surface area contributed by atoms with Crippen LogP contribution in [0.2, 0.25) is 0 Å². The van der Waals surface area contributed by atoms with E-state index in [0.29, 0.717) is 16.9 Å². The number of hydrazine groups is 1. The number of anilines is 1. The van der Waals surface area contributed by atoms with Crippen LogP contribution in [0.25, 0.3) is 5.69 Å². The van der Waals surface area contributed by atoms with Crippen LogP contribution in [0.15, 0.2) is 59.8 Å². The van der Waals surface area contributed by atoms with Crippen LogP contribution in [0.3, 0.4) is 0 Å². The van der Waals surface area contributed by atoms with Gasteiger partial charge in [0, 0.05) is 10.5 Å². The van der Waals surface area contributed by atoms with Gasteiger partial charge in [0.05, 0.1) is 17.1 Å². The van der Waals surface area contributed by atoms with Gasteiger partial charge in [-0.05, 0) is 46.8 Å². The van der Waals surface area contributed by atoms with E-state index >= 15 is 0 Å². The molecule has 0 radical (unpaired) electrons. The van der Waals surface area contributed by atoms with Crippen LogP contribution in [0, 0.1) is 0 Å². The molecule has 1 aliphatic rings. The highest BCUT2D eigenvalue weighted by molar-refractivity contribution is 8.00. The van der Waals surface area contributed by atoms with Crippen molar-refractivity contribution < 1.29 is 14.4 Å². The number of hydrogen-bond acceptors (Lipinski definition) is 7. The molecule has 146 valence electrons. The Morgan fingerprint density at radius 3 is 2.62 bits per heavy atom. The maximum atomic E-state index is 12.3. The molecule has 0 fully saturated rings. The molecule has 29 heavy (non-hydrogen) atoms. The second-order valence-corrected chi connectivity index (χ2v) is 7.06. The topological polar surface area (TPSA) is 122 Å². The molecule has 0 spiro atoms. The van der Waals surface area contributed by atoms with Gasteiger partial charge < -0.3 is 4.90 Å². The van der Waals surface area contributed by atoms with Gasteiger partial charge >= 0.3 is 0 Å². The quantitative estimate of drug-likeness (QED) is 0.604. The van der Waals surface area contributed by atoms with Crippen molar-refractivity contribution >= 4 is 35.2 Å². The number of carbonyl (C=O) groups is 3. The molecule has 4 rings (SSSR count). The smallest absolute Gasteiger partial charge is 0.269 e. The average Bonchev–Trinajstić information content (AvgIpc) is 3.29. The van der Waals surface area contributed by atoms with Gasteiger partial charge in [-0.2, -0.15) is 0 Å². The van der Waals surface area contributed by atoms with E-state index in [-0.39, 0.29) is 18.2 Å². The second-order valence-electron chi connectivity index (χ2n) is 6.04. The van der Waals surface area contributed by atoms with Crippen LogP contribution >= 0.6 is 11.8 Å². The Labute approximate surface area is 169 Å². The van der Waals surface area contributed by atoms with Crippen LogP contribution in [0.4, 0.5) is 5.69 Å². The molecule has 2 aromatic carbocycles. The Morgan fingerprint density at radius 2 is 1.86 bits per heavy atom. The van der Waals surface area contributed by atoms with E-state index in [2.05, 4.69) is 26.4 Å². The minimum absolute atomic E-state index is 0.159. The summed E-state index contributed by atoms with van der Waals surface area (Å²) in [5, 5.41) is 10.9. The first-order valence-electron chi connectivity index (χ1n) is 8.56. The van der Waals surface area contributed by atoms with E-state index in [1.165, 1.54) is 27.7 Å². The number of rotatable bonds is 4. The molecule has 0 saturated carbocycles. The second kappa shape index (κ2) is 8.10. The molecule has 0 atom stereocenters. The molecule has 2 heterocycles. The highest BCUT2D eigenvalue weighted by Crippen LogP contribution is 2.34. The number of para-hydroxylation sites is 1. The van der Waals surface area contributed by atoms with Crippen LogP contribution in [0.1, 0.15) is 10.4 Å². The molecule has 11 heteroatoms. The zero-order valence-electron chi connectivity index (χ0n) is 15.0. The van der Waals surface area contributed by atoms with Crippen LogP contribution in [0.5, 0.6) is 0 Å². The standard InChI is InChI=1S/C18H15N7O3S/c26-16(9-24-14-3-1-2-4-15(14)29-10-17(24)27)20-21-18(28)12-5-7-13(8-6-12)25-11-19-22-23-25/h1-8,11H,9-10H2,(H,20,26)(H,21,28). The predicted molar refractivity (Wildman–Crippen MR) is 104 cm³/mol. The minimum atomic E-state index is -0.501. The van der Waals surface area contributed by atoms with E-state index < -0.39 is 11.8 Å². The molecule has 0 saturated heterocycles. The summed E-state index contributed by atoms with van der Waals surface area (Å²) in [5.41, 5.74) is 6.42. The normalized spacial score (nSPS) is 13.0. The Balaban J connectivity index is 1.35. The number of benzene rings is 2.